The number of rotatable bonds is 11. The molecule has 212 valence electrons. The lowest BCUT2D eigenvalue weighted by Gasteiger charge is -2.21. The largest absolute Gasteiger partial charge is 0.461 e. The van der Waals surface area contributed by atoms with Crippen LogP contribution < -0.4 is 16.6 Å². The molecule has 0 spiro atoms. The molecule has 4 N–H and O–H groups in total. The predicted molar refractivity (Wildman–Crippen MR) is 150 cm³/mol. The number of benzene rings is 2. The van der Waals surface area contributed by atoms with Gasteiger partial charge in [-0.15, -0.1) is 0 Å². The van der Waals surface area contributed by atoms with E-state index in [0.717, 1.165) is 43.4 Å². The van der Waals surface area contributed by atoms with Gasteiger partial charge in [0, 0.05) is 11.6 Å². The van der Waals surface area contributed by atoms with E-state index >= 15 is 0 Å². The maximum Gasteiger partial charge on any atom is 0.323 e. The van der Waals surface area contributed by atoms with Crippen molar-refractivity contribution in [2.24, 2.45) is 5.92 Å². The van der Waals surface area contributed by atoms with E-state index in [2.05, 4.69) is 24.1 Å². The lowest BCUT2D eigenvalue weighted by molar-refractivity contribution is -0.151. The fourth-order valence-electron chi connectivity index (χ4n) is 4.99. The number of halogens is 2. The predicted octanol–water partition coefficient (Wildman–Crippen LogP) is 5.17. The van der Waals surface area contributed by atoms with Crippen LogP contribution in [-0.2, 0) is 16.0 Å². The molecule has 1 aliphatic carbocycles. The molecule has 0 saturated heterocycles. The molecule has 0 radical (unpaired) electrons. The molecule has 3 aromatic rings. The van der Waals surface area contributed by atoms with Crippen LogP contribution in [0, 0.1) is 17.6 Å². The molecule has 40 heavy (non-hydrogen) atoms. The second-order valence-corrected chi connectivity index (χ2v) is 10.7. The van der Waals surface area contributed by atoms with E-state index < -0.39 is 23.0 Å². The number of aromatic nitrogens is 1. The van der Waals surface area contributed by atoms with Crippen molar-refractivity contribution in [1.29, 1.82) is 0 Å². The molecule has 0 unspecified atom stereocenters. The zero-order valence-corrected chi connectivity index (χ0v) is 22.8. The molecule has 1 heterocycles. The highest BCUT2D eigenvalue weighted by Crippen LogP contribution is 2.24. The Morgan fingerprint density at radius 1 is 1.05 bits per heavy atom. The number of esters is 1. The number of H-pyrrole nitrogens is 1. The number of carbonyl (C=O) groups excluding carboxylic acids is 2. The van der Waals surface area contributed by atoms with E-state index in [1.807, 2.05) is 12.1 Å². The van der Waals surface area contributed by atoms with Crippen LogP contribution in [0.15, 0.2) is 53.3 Å². The first-order valence-corrected chi connectivity index (χ1v) is 13.7. The van der Waals surface area contributed by atoms with Crippen LogP contribution in [0.4, 0.5) is 14.6 Å². The first-order chi connectivity index (χ1) is 19.1. The number of nitrogens with one attached hydrogen (secondary N) is 2. The maximum atomic E-state index is 14.2. The molecule has 1 atom stereocenters. The first kappa shape index (κ1) is 29.1. The summed E-state index contributed by atoms with van der Waals surface area (Å²) in [5.74, 6) is -2.65. The van der Waals surface area contributed by atoms with Gasteiger partial charge in [0.15, 0.2) is 5.78 Å². The third-order valence-corrected chi connectivity index (χ3v) is 7.14. The molecule has 7 nitrogen and oxygen atoms in total. The van der Waals surface area contributed by atoms with Crippen LogP contribution >= 0.6 is 0 Å². The fourth-order valence-corrected chi connectivity index (χ4v) is 4.99. The van der Waals surface area contributed by atoms with Gasteiger partial charge in [0.05, 0.1) is 11.1 Å². The lowest BCUT2D eigenvalue weighted by atomic mass is 9.98. The third-order valence-electron chi connectivity index (χ3n) is 7.14. The molecule has 1 fully saturated rings. The zero-order valence-electron chi connectivity index (χ0n) is 22.8. The van der Waals surface area contributed by atoms with E-state index in [1.54, 1.807) is 12.1 Å². The van der Waals surface area contributed by atoms with E-state index in [-0.39, 0.29) is 40.6 Å². The summed E-state index contributed by atoms with van der Waals surface area (Å²) in [6.07, 6.45) is 5.43. The Morgan fingerprint density at radius 3 is 2.40 bits per heavy atom. The van der Waals surface area contributed by atoms with E-state index in [9.17, 15) is 23.2 Å². The lowest BCUT2D eigenvalue weighted by Crippen LogP contribution is -2.41. The average Bonchev–Trinajstić information content (AvgIpc) is 3.41. The second kappa shape index (κ2) is 13.0. The van der Waals surface area contributed by atoms with Crippen molar-refractivity contribution < 1.29 is 23.1 Å². The minimum absolute atomic E-state index is 0.0264. The molecule has 9 heteroatoms. The van der Waals surface area contributed by atoms with Crippen molar-refractivity contribution in [1.82, 2.24) is 10.3 Å². The average molecular weight is 552 g/mol. The van der Waals surface area contributed by atoms with Gasteiger partial charge in [-0.1, -0.05) is 38.1 Å². The fraction of sp³-hybridized carbons (Fsp3) is 0.387. The van der Waals surface area contributed by atoms with Crippen molar-refractivity contribution in [3.8, 4) is 11.1 Å². The molecular formula is C31H35F2N3O4. The SMILES string of the molecule is CC(C)C[C@H](NCCc1ccc(-c2cc(C(=O)c3ccc(F)cc3F)c(N)[nH]c2=O)cc1)C(=O)OC1CCCC1. The van der Waals surface area contributed by atoms with Crippen molar-refractivity contribution in [3.63, 3.8) is 0 Å². The van der Waals surface area contributed by atoms with Gasteiger partial charge in [0.25, 0.3) is 5.56 Å². The highest BCUT2D eigenvalue weighted by Gasteiger charge is 2.26. The molecule has 0 bridgehead atoms. The molecule has 0 amide bonds. The number of ether oxygens (including phenoxy) is 1. The highest BCUT2D eigenvalue weighted by atomic mass is 19.1. The van der Waals surface area contributed by atoms with Crippen LogP contribution in [0.25, 0.3) is 11.1 Å². The summed E-state index contributed by atoms with van der Waals surface area (Å²) in [6, 6.07) is 10.8. The van der Waals surface area contributed by atoms with Gasteiger partial charge >= 0.3 is 5.97 Å². The maximum absolute atomic E-state index is 14.2. The summed E-state index contributed by atoms with van der Waals surface area (Å²) in [6.45, 7) is 4.72. The minimum atomic E-state index is -1.02. The molecule has 0 aliphatic heterocycles. The number of ketones is 1. The Kier molecular flexibility index (Phi) is 9.47. The number of hydrogen-bond acceptors (Lipinski definition) is 6. The molecule has 1 aliphatic rings. The van der Waals surface area contributed by atoms with Gasteiger partial charge in [-0.3, -0.25) is 14.4 Å². The molecular weight excluding hydrogens is 516 g/mol. The van der Waals surface area contributed by atoms with E-state index in [1.165, 1.54) is 6.07 Å². The number of aromatic amines is 1. The normalized spacial score (nSPS) is 14.4. The van der Waals surface area contributed by atoms with Crippen LogP contribution in [0.1, 0.15) is 67.4 Å². The second-order valence-electron chi connectivity index (χ2n) is 10.7. The van der Waals surface area contributed by atoms with E-state index in [0.29, 0.717) is 36.9 Å². The van der Waals surface area contributed by atoms with Crippen LogP contribution in [0.3, 0.4) is 0 Å². The Labute approximate surface area is 232 Å². The Hall–Kier alpha value is -3.85. The molecule has 2 aromatic carbocycles. The summed E-state index contributed by atoms with van der Waals surface area (Å²) in [4.78, 5) is 40.8. The van der Waals surface area contributed by atoms with Crippen molar-refractivity contribution in [2.75, 3.05) is 12.3 Å². The monoisotopic (exact) mass is 551 g/mol. The highest BCUT2D eigenvalue weighted by molar-refractivity contribution is 6.12. The van der Waals surface area contributed by atoms with Gasteiger partial charge in [0.1, 0.15) is 29.6 Å². The summed E-state index contributed by atoms with van der Waals surface area (Å²) >= 11 is 0. The van der Waals surface area contributed by atoms with Crippen LogP contribution in [0.2, 0.25) is 0 Å². The standard InChI is InChI=1S/C31H35F2N3O4/c1-18(2)15-27(31(39)40-22-5-3-4-6-22)35-14-13-19-7-9-20(10-8-19)24-17-25(29(34)36-30(24)38)28(37)23-12-11-21(32)16-26(23)33/h7-12,16-18,22,27,35H,3-6,13-15H2,1-2H3,(H3,34,36,38)/t27-/m0/s1. The van der Waals surface area contributed by atoms with Crippen LogP contribution in [-0.4, -0.2) is 35.4 Å². The topological polar surface area (TPSA) is 114 Å². The number of carbonyl (C=O) groups is 2. The number of anilines is 1. The van der Waals surface area contributed by atoms with Gasteiger partial charge in [-0.25, -0.2) is 8.78 Å². The third kappa shape index (κ3) is 7.21. The summed E-state index contributed by atoms with van der Waals surface area (Å²) in [7, 11) is 0. The first-order valence-electron chi connectivity index (χ1n) is 13.7. The van der Waals surface area contributed by atoms with E-state index in [4.69, 9.17) is 10.5 Å². The summed E-state index contributed by atoms with van der Waals surface area (Å²) in [5, 5.41) is 3.34. The summed E-state index contributed by atoms with van der Waals surface area (Å²) in [5.41, 5.74) is 6.66. The number of pyridine rings is 1. The van der Waals surface area contributed by atoms with Gasteiger partial charge in [-0.05, 0) is 80.3 Å². The van der Waals surface area contributed by atoms with Gasteiger partial charge in [-0.2, -0.15) is 0 Å². The number of nitrogens with two attached hydrogens (primary N) is 1. The van der Waals surface area contributed by atoms with Crippen molar-refractivity contribution in [2.45, 2.75) is 64.5 Å². The molecule has 1 aromatic heterocycles. The smallest absolute Gasteiger partial charge is 0.323 e. The molecule has 4 rings (SSSR count). The van der Waals surface area contributed by atoms with Gasteiger partial charge < -0.3 is 20.8 Å². The van der Waals surface area contributed by atoms with Crippen LogP contribution in [0.5, 0.6) is 0 Å². The van der Waals surface area contributed by atoms with Gasteiger partial charge in [0.2, 0.25) is 0 Å². The zero-order chi connectivity index (χ0) is 28.8. The number of hydrogen-bond donors (Lipinski definition) is 3. The minimum Gasteiger partial charge on any atom is -0.461 e. The molecule has 1 saturated carbocycles. The Bertz CT molecular complexity index is 1410. The number of nitrogen functional groups attached to an aromatic ring is 1. The van der Waals surface area contributed by atoms with Crippen molar-refractivity contribution >= 4 is 17.6 Å². The Balaban J connectivity index is 1.43. The quantitative estimate of drug-likeness (QED) is 0.224. The summed E-state index contributed by atoms with van der Waals surface area (Å²) < 4.78 is 33.2. The van der Waals surface area contributed by atoms with Crippen molar-refractivity contribution in [3.05, 3.63) is 87.2 Å². The Morgan fingerprint density at radius 2 is 1.75 bits per heavy atom.